The van der Waals surface area contributed by atoms with E-state index in [4.69, 9.17) is 0 Å². The zero-order valence-corrected chi connectivity index (χ0v) is 8.10. The molecule has 0 amide bonds. The lowest BCUT2D eigenvalue weighted by Crippen LogP contribution is -2.28. The lowest BCUT2D eigenvalue weighted by molar-refractivity contribution is 0.569. The second-order valence-corrected chi connectivity index (χ2v) is 6.28. The Balaban J connectivity index is 2.35. The third kappa shape index (κ3) is 1.03. The largest absolute Gasteiger partial charge is 0.228 e. The second-order valence-electron chi connectivity index (χ2n) is 3.77. The first-order valence-electron chi connectivity index (χ1n) is 4.51. The minimum Gasteiger partial charge on any atom is -0.228 e. The lowest BCUT2D eigenvalue weighted by atomic mass is 10.1. The fourth-order valence-corrected chi connectivity index (χ4v) is 4.68. The van der Waals surface area contributed by atoms with Gasteiger partial charge in [0, 0.05) is 0 Å². The number of allylic oxidation sites excluding steroid dienone is 2. The number of rotatable bonds is 0. The van der Waals surface area contributed by atoms with E-state index in [0.717, 1.165) is 25.7 Å². The summed E-state index contributed by atoms with van der Waals surface area (Å²) < 4.78 is 23.2. The third-order valence-corrected chi connectivity index (χ3v) is 5.79. The maximum atomic E-state index is 11.6. The molecule has 2 bridgehead atoms. The van der Waals surface area contributed by atoms with E-state index in [2.05, 4.69) is 6.08 Å². The summed E-state index contributed by atoms with van der Waals surface area (Å²) in [5.41, 5.74) is 1.34. The number of fused-ring (bicyclic) bond motifs is 2. The molecule has 2 nitrogen and oxygen atoms in total. The molecule has 0 aliphatic carbocycles. The van der Waals surface area contributed by atoms with Crippen molar-refractivity contribution in [2.45, 2.75) is 43.1 Å². The van der Waals surface area contributed by atoms with E-state index in [9.17, 15) is 8.42 Å². The normalized spacial score (nSPS) is 38.2. The molecule has 0 aromatic rings. The Morgan fingerprint density at radius 3 is 2.17 bits per heavy atom. The monoisotopic (exact) mass is 186 g/mol. The van der Waals surface area contributed by atoms with Gasteiger partial charge in [-0.15, -0.1) is 0 Å². The van der Waals surface area contributed by atoms with E-state index < -0.39 is 9.84 Å². The Morgan fingerprint density at radius 2 is 1.75 bits per heavy atom. The minimum atomic E-state index is -2.71. The molecule has 2 atom stereocenters. The average molecular weight is 186 g/mol. The molecule has 2 heterocycles. The molecule has 12 heavy (non-hydrogen) atoms. The summed E-state index contributed by atoms with van der Waals surface area (Å²) in [6.07, 6.45) is 5.47. The predicted molar refractivity (Wildman–Crippen MR) is 48.7 cm³/mol. The highest BCUT2D eigenvalue weighted by molar-refractivity contribution is 7.93. The van der Waals surface area contributed by atoms with Crippen LogP contribution in [0.2, 0.25) is 0 Å². The first-order chi connectivity index (χ1) is 5.64. The van der Waals surface area contributed by atoms with Gasteiger partial charge in [0.15, 0.2) is 9.84 Å². The Kier molecular flexibility index (Phi) is 1.79. The van der Waals surface area contributed by atoms with Gasteiger partial charge in [0.2, 0.25) is 0 Å². The quantitative estimate of drug-likeness (QED) is 0.539. The molecule has 0 aromatic heterocycles. The topological polar surface area (TPSA) is 34.1 Å². The fourth-order valence-electron chi connectivity index (χ4n) is 2.31. The molecule has 2 unspecified atom stereocenters. The molecule has 2 aliphatic rings. The third-order valence-electron chi connectivity index (χ3n) is 3.13. The Hall–Kier alpha value is -0.310. The van der Waals surface area contributed by atoms with Crippen LogP contribution in [0.4, 0.5) is 0 Å². The summed E-state index contributed by atoms with van der Waals surface area (Å²) in [7, 11) is -2.71. The first kappa shape index (κ1) is 8.30. The summed E-state index contributed by atoms with van der Waals surface area (Å²) in [5.74, 6) is 0. The van der Waals surface area contributed by atoms with Crippen LogP contribution in [0.3, 0.4) is 0 Å². The van der Waals surface area contributed by atoms with E-state index in [0.29, 0.717) is 0 Å². The van der Waals surface area contributed by atoms with Crippen molar-refractivity contribution in [2.24, 2.45) is 0 Å². The van der Waals surface area contributed by atoms with Gasteiger partial charge in [-0.3, -0.25) is 0 Å². The van der Waals surface area contributed by atoms with Crippen LogP contribution in [-0.2, 0) is 9.84 Å². The van der Waals surface area contributed by atoms with E-state index >= 15 is 0 Å². The van der Waals surface area contributed by atoms with Gasteiger partial charge in [0.25, 0.3) is 0 Å². The summed E-state index contributed by atoms with van der Waals surface area (Å²) in [4.78, 5) is 0. The first-order valence-corrected chi connectivity index (χ1v) is 6.12. The molecule has 0 spiro atoms. The molecule has 2 aliphatic heterocycles. The maximum absolute atomic E-state index is 11.6. The van der Waals surface area contributed by atoms with Crippen molar-refractivity contribution >= 4 is 9.84 Å². The van der Waals surface area contributed by atoms with Crippen LogP contribution in [0.5, 0.6) is 0 Å². The van der Waals surface area contributed by atoms with Crippen LogP contribution in [0, 0.1) is 0 Å². The summed E-state index contributed by atoms with van der Waals surface area (Å²) in [5, 5.41) is -0.0788. The second kappa shape index (κ2) is 2.59. The van der Waals surface area contributed by atoms with E-state index in [1.54, 1.807) is 0 Å². The van der Waals surface area contributed by atoms with E-state index in [-0.39, 0.29) is 10.5 Å². The predicted octanol–water partition coefficient (Wildman–Crippen LogP) is 1.67. The van der Waals surface area contributed by atoms with Gasteiger partial charge in [0.1, 0.15) is 0 Å². The summed E-state index contributed by atoms with van der Waals surface area (Å²) in [6, 6.07) is 0. The van der Waals surface area contributed by atoms with Crippen LogP contribution in [-0.4, -0.2) is 18.9 Å². The highest BCUT2D eigenvalue weighted by Crippen LogP contribution is 2.40. The smallest absolute Gasteiger partial charge is 0.156 e. The van der Waals surface area contributed by atoms with Gasteiger partial charge in [-0.25, -0.2) is 8.42 Å². The zero-order chi connectivity index (χ0) is 8.77. The molecule has 0 N–H and O–H groups in total. The van der Waals surface area contributed by atoms with Crippen LogP contribution >= 0.6 is 0 Å². The van der Waals surface area contributed by atoms with Crippen LogP contribution in [0.1, 0.15) is 32.6 Å². The Bertz CT molecular complexity index is 291. The minimum absolute atomic E-state index is 0.0394. The van der Waals surface area contributed by atoms with Crippen molar-refractivity contribution < 1.29 is 8.42 Å². The molecular weight excluding hydrogens is 172 g/mol. The Morgan fingerprint density at radius 1 is 1.25 bits per heavy atom. The maximum Gasteiger partial charge on any atom is 0.156 e. The standard InChI is InChI=1S/C9H14O2S/c1-2-7-5-8-3-4-9(6-7)12(8,10)11/h2,8-9H,3-6H2,1H3. The van der Waals surface area contributed by atoms with Gasteiger partial charge in [-0.05, 0) is 32.6 Å². The summed E-state index contributed by atoms with van der Waals surface area (Å²) in [6.45, 7) is 2.01. The molecule has 2 fully saturated rings. The number of sulfone groups is 1. The average Bonchev–Trinajstić information content (AvgIpc) is 2.29. The lowest BCUT2D eigenvalue weighted by Gasteiger charge is -2.21. The van der Waals surface area contributed by atoms with Crippen molar-refractivity contribution in [1.82, 2.24) is 0 Å². The molecule has 0 saturated carbocycles. The van der Waals surface area contributed by atoms with Crippen LogP contribution < -0.4 is 0 Å². The van der Waals surface area contributed by atoms with Crippen LogP contribution in [0.15, 0.2) is 11.6 Å². The van der Waals surface area contributed by atoms with Gasteiger partial charge >= 0.3 is 0 Å². The zero-order valence-electron chi connectivity index (χ0n) is 7.29. The van der Waals surface area contributed by atoms with Gasteiger partial charge in [-0.1, -0.05) is 11.6 Å². The summed E-state index contributed by atoms with van der Waals surface area (Å²) >= 11 is 0. The van der Waals surface area contributed by atoms with Crippen molar-refractivity contribution in [1.29, 1.82) is 0 Å². The number of hydrogen-bond acceptors (Lipinski definition) is 2. The SMILES string of the molecule is CC=C1CC2CCC(C1)S2(=O)=O. The fraction of sp³-hybridized carbons (Fsp3) is 0.778. The van der Waals surface area contributed by atoms with Gasteiger partial charge in [0.05, 0.1) is 10.5 Å². The molecule has 3 heteroatoms. The molecule has 0 radical (unpaired) electrons. The van der Waals surface area contributed by atoms with Crippen molar-refractivity contribution in [3.05, 3.63) is 11.6 Å². The van der Waals surface area contributed by atoms with Crippen LogP contribution in [0.25, 0.3) is 0 Å². The van der Waals surface area contributed by atoms with Crippen molar-refractivity contribution in [3.63, 3.8) is 0 Å². The number of hydrogen-bond donors (Lipinski definition) is 0. The van der Waals surface area contributed by atoms with Gasteiger partial charge < -0.3 is 0 Å². The van der Waals surface area contributed by atoms with E-state index in [1.807, 2.05) is 6.92 Å². The van der Waals surface area contributed by atoms with E-state index in [1.165, 1.54) is 5.57 Å². The Labute approximate surface area is 73.6 Å². The highest BCUT2D eigenvalue weighted by atomic mass is 32.2. The molecule has 68 valence electrons. The molecule has 2 saturated heterocycles. The highest BCUT2D eigenvalue weighted by Gasteiger charge is 2.44. The molecular formula is C9H14O2S. The van der Waals surface area contributed by atoms with Crippen molar-refractivity contribution in [3.8, 4) is 0 Å². The molecule has 2 rings (SSSR count). The molecule has 0 aromatic carbocycles. The van der Waals surface area contributed by atoms with Gasteiger partial charge in [-0.2, -0.15) is 0 Å². The van der Waals surface area contributed by atoms with Crippen molar-refractivity contribution in [2.75, 3.05) is 0 Å².